The molecule has 1 heterocycles. The molecule has 0 bridgehead atoms. The van der Waals surface area contributed by atoms with E-state index in [9.17, 15) is 0 Å². The molecule has 0 aliphatic carbocycles. The van der Waals surface area contributed by atoms with Gasteiger partial charge in [0.2, 0.25) is 0 Å². The number of hydrogen-bond acceptors (Lipinski definition) is 4. The van der Waals surface area contributed by atoms with Crippen LogP contribution in [-0.2, 0) is 9.31 Å². The number of nitrogens with two attached hydrogens (primary N) is 1. The van der Waals surface area contributed by atoms with Gasteiger partial charge in [-0.05, 0) is 68.8 Å². The summed E-state index contributed by atoms with van der Waals surface area (Å²) in [7, 11) is 3.38. The van der Waals surface area contributed by atoms with Crippen molar-refractivity contribution in [2.24, 2.45) is 5.73 Å². The summed E-state index contributed by atoms with van der Waals surface area (Å²) in [5.41, 5.74) is 8.48. The fourth-order valence-corrected chi connectivity index (χ4v) is 3.54. The Morgan fingerprint density at radius 1 is 0.871 bits per heavy atom. The molecule has 31 heavy (non-hydrogen) atoms. The number of benzene rings is 3. The van der Waals surface area contributed by atoms with E-state index in [4.69, 9.17) is 15.0 Å². The van der Waals surface area contributed by atoms with Gasteiger partial charge in [-0.1, -0.05) is 67.2 Å². The van der Waals surface area contributed by atoms with Gasteiger partial charge in [0.1, 0.15) is 0 Å². The molecule has 0 radical (unpaired) electrons. The van der Waals surface area contributed by atoms with Crippen LogP contribution in [0.1, 0.15) is 33.3 Å². The van der Waals surface area contributed by atoms with Gasteiger partial charge in [-0.3, -0.25) is 0 Å². The van der Waals surface area contributed by atoms with Crippen molar-refractivity contribution in [3.05, 3.63) is 76.7 Å². The molecule has 0 amide bonds. The highest BCUT2D eigenvalue weighted by Crippen LogP contribution is 2.36. The van der Waals surface area contributed by atoms with Crippen LogP contribution in [0, 0.1) is 0 Å². The minimum atomic E-state index is -0.371. The van der Waals surface area contributed by atoms with E-state index < -0.39 is 0 Å². The summed E-state index contributed by atoms with van der Waals surface area (Å²) in [6.07, 6.45) is 0. The van der Waals surface area contributed by atoms with Crippen molar-refractivity contribution in [2.75, 3.05) is 14.1 Å². The quantitative estimate of drug-likeness (QED) is 0.631. The molecule has 0 atom stereocenters. The second-order valence-electron chi connectivity index (χ2n) is 8.94. The van der Waals surface area contributed by atoms with Crippen LogP contribution in [0.15, 0.2) is 60.7 Å². The molecule has 0 spiro atoms. The average Bonchev–Trinajstić information content (AvgIpc) is 2.96. The first-order valence-electron chi connectivity index (χ1n) is 10.6. The minimum absolute atomic E-state index is 0.352. The van der Waals surface area contributed by atoms with Crippen LogP contribution in [0.5, 0.6) is 0 Å². The second kappa shape index (κ2) is 8.87. The lowest BCUT2D eigenvalue weighted by Crippen LogP contribution is -2.41. The summed E-state index contributed by atoms with van der Waals surface area (Å²) in [4.78, 5) is 0. The first-order valence-corrected chi connectivity index (χ1v) is 10.6. The molecule has 1 fully saturated rings. The van der Waals surface area contributed by atoms with Crippen LogP contribution >= 0.6 is 0 Å². The standard InChI is InChI=1S/C24H26BNO2.C2H7N/c1-16-20-9-7-6-8-17(20)12-15-21(16)22(26)18-10-13-19(14-11-18)25-27-23(2,3)24(4,5)28-25;1-3-2/h6-15H,1,26H2,2-5H3;3H,1-2H3/b22-21-;. The number of rotatable bonds is 2. The molecule has 1 aliphatic heterocycles. The summed E-state index contributed by atoms with van der Waals surface area (Å²) in [5.74, 6) is 0. The number of nitrogens with one attached hydrogen (secondary N) is 1. The van der Waals surface area contributed by atoms with E-state index in [1.807, 2.05) is 56.6 Å². The van der Waals surface area contributed by atoms with Crippen molar-refractivity contribution in [3.8, 4) is 0 Å². The predicted molar refractivity (Wildman–Crippen MR) is 133 cm³/mol. The van der Waals surface area contributed by atoms with E-state index in [2.05, 4.69) is 57.8 Å². The zero-order valence-corrected chi connectivity index (χ0v) is 19.5. The maximum Gasteiger partial charge on any atom is 0.494 e. The number of fused-ring (bicyclic) bond motifs is 1. The maximum atomic E-state index is 6.51. The molecule has 4 nitrogen and oxygen atoms in total. The van der Waals surface area contributed by atoms with Crippen LogP contribution in [0.3, 0.4) is 0 Å². The summed E-state index contributed by atoms with van der Waals surface area (Å²) in [5, 5.41) is 6.95. The fourth-order valence-electron chi connectivity index (χ4n) is 3.54. The normalized spacial score (nSPS) is 17.8. The Morgan fingerprint density at radius 2 is 1.42 bits per heavy atom. The van der Waals surface area contributed by atoms with Crippen molar-refractivity contribution in [1.29, 1.82) is 0 Å². The SMILES string of the molecule is C=c1/c(=C(\N)c2ccc(B3OC(C)(C)C(C)(C)O3)cc2)ccc2ccccc12.CNC. The van der Waals surface area contributed by atoms with Crippen LogP contribution in [0.4, 0.5) is 0 Å². The lowest BCUT2D eigenvalue weighted by Gasteiger charge is -2.32. The van der Waals surface area contributed by atoms with E-state index in [-0.39, 0.29) is 18.3 Å². The third-order valence-electron chi connectivity index (χ3n) is 6.08. The Bertz CT molecular complexity index is 1150. The van der Waals surface area contributed by atoms with Gasteiger partial charge < -0.3 is 20.4 Å². The van der Waals surface area contributed by atoms with Gasteiger partial charge in [0.25, 0.3) is 0 Å². The molecule has 3 aromatic carbocycles. The summed E-state index contributed by atoms with van der Waals surface area (Å²) >= 11 is 0. The zero-order valence-electron chi connectivity index (χ0n) is 19.5. The third kappa shape index (κ3) is 4.54. The maximum absolute atomic E-state index is 6.51. The van der Waals surface area contributed by atoms with Gasteiger partial charge in [-0.15, -0.1) is 0 Å². The molecule has 0 aromatic heterocycles. The highest BCUT2D eigenvalue weighted by atomic mass is 16.7. The second-order valence-corrected chi connectivity index (χ2v) is 8.94. The van der Waals surface area contributed by atoms with Gasteiger partial charge >= 0.3 is 7.12 Å². The van der Waals surface area contributed by atoms with Crippen molar-refractivity contribution in [3.63, 3.8) is 0 Å². The molecular weight excluding hydrogens is 383 g/mol. The Kier molecular flexibility index (Phi) is 6.60. The van der Waals surface area contributed by atoms with E-state index in [0.29, 0.717) is 0 Å². The molecule has 3 N–H and O–H groups in total. The number of hydrogen-bond donors (Lipinski definition) is 2. The van der Waals surface area contributed by atoms with Crippen molar-refractivity contribution in [1.82, 2.24) is 5.32 Å². The van der Waals surface area contributed by atoms with E-state index in [1.54, 1.807) is 0 Å². The average molecular weight is 416 g/mol. The Labute approximate surface area is 185 Å². The molecule has 3 aromatic rings. The molecule has 5 heteroatoms. The summed E-state index contributed by atoms with van der Waals surface area (Å²) in [6.45, 7) is 12.5. The summed E-state index contributed by atoms with van der Waals surface area (Å²) < 4.78 is 12.3. The third-order valence-corrected chi connectivity index (χ3v) is 6.08. The monoisotopic (exact) mass is 416 g/mol. The lowest BCUT2D eigenvalue weighted by molar-refractivity contribution is 0.00578. The molecule has 0 saturated carbocycles. The van der Waals surface area contributed by atoms with Gasteiger partial charge in [0.05, 0.1) is 11.2 Å². The Morgan fingerprint density at radius 3 is 2.00 bits per heavy atom. The molecule has 4 rings (SSSR count). The van der Waals surface area contributed by atoms with Gasteiger partial charge in [0, 0.05) is 10.9 Å². The highest BCUT2D eigenvalue weighted by Gasteiger charge is 2.51. The van der Waals surface area contributed by atoms with Crippen molar-refractivity contribution in [2.45, 2.75) is 38.9 Å². The molecule has 162 valence electrons. The molecule has 0 unspecified atom stereocenters. The predicted octanol–water partition coefficient (Wildman–Crippen LogP) is 2.50. The van der Waals surface area contributed by atoms with Crippen LogP contribution < -0.4 is 27.0 Å². The van der Waals surface area contributed by atoms with E-state index >= 15 is 0 Å². The largest absolute Gasteiger partial charge is 0.494 e. The van der Waals surface area contributed by atoms with Crippen LogP contribution in [0.25, 0.3) is 23.0 Å². The van der Waals surface area contributed by atoms with Crippen molar-refractivity contribution >= 4 is 35.6 Å². The minimum Gasteiger partial charge on any atom is -0.399 e. The first-order chi connectivity index (χ1) is 14.6. The van der Waals surface area contributed by atoms with Crippen molar-refractivity contribution < 1.29 is 9.31 Å². The molecule has 1 aliphatic rings. The zero-order chi connectivity index (χ0) is 22.8. The van der Waals surface area contributed by atoms with Gasteiger partial charge in [-0.25, -0.2) is 0 Å². The highest BCUT2D eigenvalue weighted by molar-refractivity contribution is 6.62. The smallest absolute Gasteiger partial charge is 0.399 e. The topological polar surface area (TPSA) is 56.5 Å². The van der Waals surface area contributed by atoms with Gasteiger partial charge in [-0.2, -0.15) is 0 Å². The Hall–Kier alpha value is -2.60. The Balaban J connectivity index is 0.000000858. The van der Waals surface area contributed by atoms with Gasteiger partial charge in [0.15, 0.2) is 0 Å². The molecular formula is C26H33BN2O2. The van der Waals surface area contributed by atoms with Crippen LogP contribution in [0.2, 0.25) is 0 Å². The lowest BCUT2D eigenvalue weighted by atomic mass is 9.78. The summed E-state index contributed by atoms with van der Waals surface area (Å²) in [6, 6.07) is 20.4. The van der Waals surface area contributed by atoms with Crippen LogP contribution in [-0.4, -0.2) is 32.4 Å². The fraction of sp³-hybridized carbons (Fsp3) is 0.308. The first kappa shape index (κ1) is 23.1. The van der Waals surface area contributed by atoms with E-state index in [1.165, 1.54) is 5.39 Å². The van der Waals surface area contributed by atoms with E-state index in [0.717, 1.165) is 32.5 Å². The molecule has 1 saturated heterocycles.